The molecule has 4 aromatic heterocycles. The number of anilines is 2. The fourth-order valence-corrected chi connectivity index (χ4v) is 4.09. The molecule has 39 heavy (non-hydrogen) atoms. The van der Waals surface area contributed by atoms with E-state index >= 15 is 0 Å². The van der Waals surface area contributed by atoms with Gasteiger partial charge in [0, 0.05) is 31.3 Å². The lowest BCUT2D eigenvalue weighted by molar-refractivity contribution is -0.106. The van der Waals surface area contributed by atoms with Gasteiger partial charge >= 0.3 is 0 Å². The predicted octanol–water partition coefficient (Wildman–Crippen LogP) is 3.41. The number of carbonyl (C=O) groups is 1. The van der Waals surface area contributed by atoms with Gasteiger partial charge in [0.1, 0.15) is 17.9 Å². The summed E-state index contributed by atoms with van der Waals surface area (Å²) in [5.41, 5.74) is 0.738. The molecule has 202 valence electrons. The van der Waals surface area contributed by atoms with Crippen molar-refractivity contribution in [2.45, 2.75) is 50.4 Å². The van der Waals surface area contributed by atoms with Crippen molar-refractivity contribution < 1.29 is 23.1 Å². The Bertz CT molecular complexity index is 1580. The molecule has 0 saturated heterocycles. The van der Waals surface area contributed by atoms with Crippen LogP contribution in [0.2, 0.25) is 0 Å². The number of aliphatic hydroxyl groups is 1. The summed E-state index contributed by atoms with van der Waals surface area (Å²) in [5.74, 6) is -3.35. The Morgan fingerprint density at radius 2 is 2.00 bits per heavy atom. The van der Waals surface area contributed by atoms with E-state index in [1.165, 1.54) is 47.8 Å². The molecule has 0 aliphatic heterocycles. The number of imidazole rings is 1. The van der Waals surface area contributed by atoms with E-state index in [0.29, 0.717) is 28.3 Å². The van der Waals surface area contributed by atoms with E-state index in [-0.39, 0.29) is 24.1 Å². The number of pyridine rings is 1. The second-order valence-electron chi connectivity index (χ2n) is 9.97. The zero-order valence-corrected chi connectivity index (χ0v) is 20.9. The molecule has 0 aromatic carbocycles. The average Bonchev–Trinajstić information content (AvgIpc) is 3.51. The van der Waals surface area contributed by atoms with Crippen LogP contribution in [0.15, 0.2) is 43.1 Å². The maximum absolute atomic E-state index is 14.3. The highest BCUT2D eigenvalue weighted by molar-refractivity contribution is 6.00. The Morgan fingerprint density at radius 1 is 1.23 bits per heavy atom. The number of fused-ring (bicyclic) bond motifs is 1. The van der Waals surface area contributed by atoms with Crippen LogP contribution >= 0.6 is 0 Å². The van der Waals surface area contributed by atoms with Gasteiger partial charge in [-0.3, -0.25) is 14.5 Å². The van der Waals surface area contributed by atoms with Crippen LogP contribution in [0.1, 0.15) is 48.7 Å². The fraction of sp³-hybridized carbons (Fsp3) is 0.360. The molecular weight excluding hydrogens is 515 g/mol. The number of hydrogen-bond donors (Lipinski definition) is 3. The molecule has 1 aliphatic carbocycles. The minimum absolute atomic E-state index is 0.0678. The van der Waals surface area contributed by atoms with Crippen LogP contribution in [-0.2, 0) is 0 Å². The van der Waals surface area contributed by atoms with Crippen molar-refractivity contribution in [1.29, 1.82) is 5.26 Å². The molecule has 5 rings (SSSR count). The lowest BCUT2D eigenvalue weighted by Gasteiger charge is -2.34. The second-order valence-corrected chi connectivity index (χ2v) is 9.97. The van der Waals surface area contributed by atoms with Crippen LogP contribution in [0.3, 0.4) is 0 Å². The summed E-state index contributed by atoms with van der Waals surface area (Å²) in [6.07, 6.45) is 4.88. The van der Waals surface area contributed by atoms with E-state index < -0.39 is 36.2 Å². The van der Waals surface area contributed by atoms with E-state index in [2.05, 4.69) is 30.8 Å². The van der Waals surface area contributed by atoms with Crippen molar-refractivity contribution in [2.75, 3.05) is 11.9 Å². The lowest BCUT2D eigenvalue weighted by Crippen LogP contribution is -2.42. The smallest absolute Gasteiger partial charge is 0.255 e. The summed E-state index contributed by atoms with van der Waals surface area (Å²) in [6.45, 7) is 2.16. The predicted molar refractivity (Wildman–Crippen MR) is 133 cm³/mol. The third-order valence-corrected chi connectivity index (χ3v) is 6.43. The summed E-state index contributed by atoms with van der Waals surface area (Å²) in [7, 11) is 0. The molecule has 4 aromatic rings. The number of nitriles is 1. The van der Waals surface area contributed by atoms with Crippen LogP contribution in [0.5, 0.6) is 0 Å². The van der Waals surface area contributed by atoms with Crippen molar-refractivity contribution in [3.8, 4) is 17.5 Å². The van der Waals surface area contributed by atoms with Crippen LogP contribution < -0.4 is 10.6 Å². The first kappa shape index (κ1) is 26.1. The summed E-state index contributed by atoms with van der Waals surface area (Å²) in [4.78, 5) is 21.6. The highest BCUT2D eigenvalue weighted by atomic mass is 19.3. The van der Waals surface area contributed by atoms with E-state index in [4.69, 9.17) is 5.26 Å². The number of halogens is 3. The number of aromatic nitrogens is 6. The molecule has 1 fully saturated rings. The van der Waals surface area contributed by atoms with Gasteiger partial charge in [-0.2, -0.15) is 15.5 Å². The largest absolute Gasteiger partial charge is 0.387 e. The normalized spacial score (nSPS) is 15.9. The van der Waals surface area contributed by atoms with E-state index in [0.717, 1.165) is 0 Å². The molecule has 1 saturated carbocycles. The highest BCUT2D eigenvalue weighted by Gasteiger charge is 2.46. The minimum Gasteiger partial charge on any atom is -0.387 e. The number of hydrogen-bond acceptors (Lipinski definition) is 8. The van der Waals surface area contributed by atoms with Crippen LogP contribution in [0.4, 0.5) is 24.5 Å². The molecular formula is C25H24F3N9O2. The first-order valence-corrected chi connectivity index (χ1v) is 12.0. The average molecular weight is 540 g/mol. The third-order valence-electron chi connectivity index (χ3n) is 6.43. The van der Waals surface area contributed by atoms with Crippen LogP contribution in [-0.4, -0.2) is 64.6 Å². The first-order valence-electron chi connectivity index (χ1n) is 12.0. The number of rotatable bonds is 8. The van der Waals surface area contributed by atoms with E-state index in [9.17, 15) is 23.1 Å². The molecule has 14 heteroatoms. The number of nitrogens with one attached hydrogen (secondary N) is 2. The molecule has 1 amide bonds. The van der Waals surface area contributed by atoms with Gasteiger partial charge in [-0.05, 0) is 19.9 Å². The maximum atomic E-state index is 14.3. The van der Waals surface area contributed by atoms with Gasteiger partial charge in [0.05, 0.1) is 65.0 Å². The minimum atomic E-state index is -2.71. The Kier molecular flexibility index (Phi) is 6.47. The second kappa shape index (κ2) is 9.66. The number of alkyl halides is 3. The van der Waals surface area contributed by atoms with Crippen molar-refractivity contribution >= 4 is 22.9 Å². The molecule has 1 atom stereocenters. The van der Waals surface area contributed by atoms with Crippen molar-refractivity contribution in [1.82, 2.24) is 34.7 Å². The summed E-state index contributed by atoms with van der Waals surface area (Å²) in [6, 6.07) is 4.69. The van der Waals surface area contributed by atoms with Crippen LogP contribution in [0.25, 0.3) is 17.0 Å². The zero-order valence-electron chi connectivity index (χ0n) is 20.9. The zero-order chi connectivity index (χ0) is 27.9. The standard InChI is InChI=1S/C25H24F3N9O2/c1-24(2,39)21(26)12-32-23(38)17-10-30-19(20-11-31-22-3-14(7-29)8-34-37(20)22)4-18(17)35-15-9-33-36(13-15)16-5-25(27,28)6-16/h3-4,8-11,13,16,21,39H,5-6,12H2,1-2H3,(H,30,35)(H,32,38). The molecule has 0 bridgehead atoms. The third kappa shape index (κ3) is 5.39. The summed E-state index contributed by atoms with van der Waals surface area (Å²) >= 11 is 0. The lowest BCUT2D eigenvalue weighted by atomic mass is 9.88. The Balaban J connectivity index is 1.46. The van der Waals surface area contributed by atoms with Gasteiger partial charge in [0.25, 0.3) is 11.8 Å². The SMILES string of the molecule is CC(C)(O)C(F)CNC(=O)c1cnc(-c2cnc3cc(C#N)cnn23)cc1Nc1cnn(C2CC(F)(F)C2)c1. The highest BCUT2D eigenvalue weighted by Crippen LogP contribution is 2.45. The molecule has 1 aliphatic rings. The number of carbonyl (C=O) groups excluding carboxylic acids is 1. The Morgan fingerprint density at radius 3 is 2.69 bits per heavy atom. The van der Waals surface area contributed by atoms with Gasteiger partial charge in [0.15, 0.2) is 5.65 Å². The molecule has 0 spiro atoms. The topological polar surface area (TPSA) is 146 Å². The van der Waals surface area contributed by atoms with Gasteiger partial charge in [-0.1, -0.05) is 0 Å². The molecule has 11 nitrogen and oxygen atoms in total. The maximum Gasteiger partial charge on any atom is 0.255 e. The molecule has 4 heterocycles. The summed E-state index contributed by atoms with van der Waals surface area (Å²) < 4.78 is 43.8. The number of amides is 1. The van der Waals surface area contributed by atoms with Crippen molar-refractivity contribution in [3.05, 3.63) is 54.2 Å². The molecule has 1 unspecified atom stereocenters. The number of nitrogens with zero attached hydrogens (tertiary/aromatic N) is 7. The Labute approximate surface area is 220 Å². The van der Waals surface area contributed by atoms with Gasteiger partial charge in [-0.15, -0.1) is 0 Å². The summed E-state index contributed by atoms with van der Waals surface area (Å²) in [5, 5.41) is 32.9. The quantitative estimate of drug-likeness (QED) is 0.309. The van der Waals surface area contributed by atoms with Crippen LogP contribution in [0, 0.1) is 11.3 Å². The monoisotopic (exact) mass is 539 g/mol. The van der Waals surface area contributed by atoms with Crippen molar-refractivity contribution in [3.63, 3.8) is 0 Å². The fourth-order valence-electron chi connectivity index (χ4n) is 4.09. The van der Waals surface area contributed by atoms with E-state index in [1.807, 2.05) is 6.07 Å². The molecule has 0 radical (unpaired) electrons. The van der Waals surface area contributed by atoms with Gasteiger partial charge in [-0.25, -0.2) is 22.7 Å². The Hall–Kier alpha value is -4.51. The molecule has 3 N–H and O–H groups in total. The first-order chi connectivity index (χ1) is 18.4. The van der Waals surface area contributed by atoms with E-state index in [1.54, 1.807) is 18.3 Å². The van der Waals surface area contributed by atoms with Crippen molar-refractivity contribution in [2.24, 2.45) is 0 Å². The van der Waals surface area contributed by atoms with Gasteiger partial charge < -0.3 is 15.7 Å². The van der Waals surface area contributed by atoms with Gasteiger partial charge in [0.2, 0.25) is 0 Å².